The molecule has 0 atom stereocenters. The van der Waals surface area contributed by atoms with E-state index in [1.807, 2.05) is 30.3 Å². The number of para-hydroxylation sites is 3. The summed E-state index contributed by atoms with van der Waals surface area (Å²) in [6.45, 7) is 4.63. The number of nitrogen functional groups attached to an aromatic ring is 1. The van der Waals surface area contributed by atoms with Crippen molar-refractivity contribution in [1.82, 2.24) is 4.57 Å². The molecule has 2 N–H and O–H groups in total. The van der Waals surface area contributed by atoms with Crippen LogP contribution in [-0.2, 0) is 5.41 Å². The molecule has 2 aliphatic rings. The monoisotopic (exact) mass is 701 g/mol. The Morgan fingerprint density at radius 1 is 0.509 bits per heavy atom. The lowest BCUT2D eigenvalue weighted by atomic mass is 9.65. The molecule has 0 bridgehead atoms. The number of rotatable bonds is 5. The van der Waals surface area contributed by atoms with E-state index in [4.69, 9.17) is 10.7 Å². The molecule has 8 aromatic carbocycles. The topological polar surface area (TPSA) is 43.3 Å². The minimum atomic E-state index is -0.500. The van der Waals surface area contributed by atoms with Crippen molar-refractivity contribution in [3.63, 3.8) is 0 Å². The quantitative estimate of drug-likeness (QED) is 0.141. The molecule has 258 valence electrons. The van der Waals surface area contributed by atoms with Crippen LogP contribution in [0.25, 0.3) is 55.4 Å². The summed E-state index contributed by atoms with van der Waals surface area (Å²) in [5, 5.41) is 2.49. The zero-order valence-corrected chi connectivity index (χ0v) is 30.1. The Balaban J connectivity index is 1.15. The number of hydrogen-bond acceptors (Lipinski definition) is 2. The third-order valence-electron chi connectivity index (χ3n) is 11.8. The Bertz CT molecular complexity index is 3010. The zero-order valence-electron chi connectivity index (χ0n) is 30.1. The van der Waals surface area contributed by atoms with E-state index in [1.54, 1.807) is 0 Å². The average Bonchev–Trinajstić information content (AvgIpc) is 3.74. The first-order valence-corrected chi connectivity index (χ1v) is 18.8. The van der Waals surface area contributed by atoms with Crippen LogP contribution in [0.1, 0.15) is 38.9 Å². The third kappa shape index (κ3) is 4.41. The number of fused-ring (bicyclic) bond motifs is 12. The first-order chi connectivity index (χ1) is 27.1. The molecule has 1 aliphatic heterocycles. The van der Waals surface area contributed by atoms with E-state index in [1.165, 1.54) is 60.8 Å². The predicted octanol–water partition coefficient (Wildman–Crippen LogP) is 12.2. The average molecular weight is 702 g/mol. The van der Waals surface area contributed by atoms with Gasteiger partial charge in [-0.1, -0.05) is 176 Å². The lowest BCUT2D eigenvalue weighted by Gasteiger charge is -2.39. The fraction of sp³-hybridized carbons (Fsp3) is 0.0192. The van der Waals surface area contributed by atoms with Gasteiger partial charge in [-0.25, -0.2) is 4.99 Å². The number of aromatic nitrogens is 1. The molecular formula is C52H35N3. The van der Waals surface area contributed by atoms with Crippen LogP contribution in [0.15, 0.2) is 200 Å². The van der Waals surface area contributed by atoms with Gasteiger partial charge in [0.05, 0.1) is 33.5 Å². The smallest absolute Gasteiger partial charge is 0.0802 e. The van der Waals surface area contributed by atoms with Crippen LogP contribution < -0.4 is 5.73 Å². The lowest BCUT2D eigenvalue weighted by molar-refractivity contribution is 0.748. The number of nitrogens with two attached hydrogens (primary N) is 1. The van der Waals surface area contributed by atoms with Crippen LogP contribution in [0.3, 0.4) is 0 Å². The molecule has 55 heavy (non-hydrogen) atoms. The van der Waals surface area contributed by atoms with E-state index in [9.17, 15) is 0 Å². The standard InChI is InChI=1S/C52H35N3/c1-33(54-50(42-19-7-11-24-47(42)53)36-28-26-35(27-29-36)34-14-3-2-4-15-34)37-30-31-45-49(32-37)55-48-25-12-8-18-40(48)41-20-13-23-46(51(41)55)52(45)43-21-9-5-16-38(43)39-17-6-10-22-44(39)52/h2-32H,1,53H2/b54-50-. The van der Waals surface area contributed by atoms with Gasteiger partial charge in [-0.3, -0.25) is 0 Å². The van der Waals surface area contributed by atoms with E-state index in [-0.39, 0.29) is 0 Å². The van der Waals surface area contributed by atoms with Crippen molar-refractivity contribution in [2.75, 3.05) is 5.73 Å². The van der Waals surface area contributed by atoms with Gasteiger partial charge in [-0.05, 0) is 62.7 Å². The maximum atomic E-state index is 6.64. The van der Waals surface area contributed by atoms with E-state index < -0.39 is 5.41 Å². The Morgan fingerprint density at radius 2 is 1.11 bits per heavy atom. The minimum Gasteiger partial charge on any atom is -0.398 e. The van der Waals surface area contributed by atoms with E-state index in [0.29, 0.717) is 11.4 Å². The summed E-state index contributed by atoms with van der Waals surface area (Å²) in [7, 11) is 0. The number of hydrogen-bond donors (Lipinski definition) is 1. The van der Waals surface area contributed by atoms with Crippen LogP contribution >= 0.6 is 0 Å². The maximum absolute atomic E-state index is 6.64. The number of aliphatic imine (C=N–C) groups is 1. The minimum absolute atomic E-state index is 0.500. The highest BCUT2D eigenvalue weighted by atomic mass is 15.0. The van der Waals surface area contributed by atoms with E-state index in [0.717, 1.165) is 33.7 Å². The molecule has 11 rings (SSSR count). The lowest BCUT2D eigenvalue weighted by Crippen LogP contribution is -2.33. The molecule has 1 aromatic heterocycles. The summed E-state index contributed by atoms with van der Waals surface area (Å²) >= 11 is 0. The van der Waals surface area contributed by atoms with Crippen molar-refractivity contribution in [2.45, 2.75) is 5.41 Å². The molecule has 0 saturated carbocycles. The van der Waals surface area contributed by atoms with E-state index in [2.05, 4.69) is 169 Å². The maximum Gasteiger partial charge on any atom is 0.0802 e. The van der Waals surface area contributed by atoms with Gasteiger partial charge >= 0.3 is 0 Å². The highest BCUT2D eigenvalue weighted by molar-refractivity contribution is 6.17. The van der Waals surface area contributed by atoms with Gasteiger partial charge in [-0.15, -0.1) is 0 Å². The van der Waals surface area contributed by atoms with Crippen molar-refractivity contribution in [2.24, 2.45) is 4.99 Å². The SMILES string of the molecule is C=C(/N=C(/c1ccc(-c2ccccc2)cc1)c1ccccc1N)c1ccc2c(c1)-n1c3ccccc3c3cccc(c31)C21c2ccccc2-c2ccccc21. The molecule has 0 radical (unpaired) electrons. The van der Waals surface area contributed by atoms with Gasteiger partial charge < -0.3 is 10.3 Å². The summed E-state index contributed by atoms with van der Waals surface area (Å²) in [6.07, 6.45) is 0. The second-order valence-corrected chi connectivity index (χ2v) is 14.6. The van der Waals surface area contributed by atoms with Crippen molar-refractivity contribution < 1.29 is 0 Å². The molecular weight excluding hydrogens is 667 g/mol. The molecule has 0 unspecified atom stereocenters. The van der Waals surface area contributed by atoms with Gasteiger partial charge in [0.2, 0.25) is 0 Å². The number of benzene rings is 8. The molecule has 0 amide bonds. The number of nitrogens with zero attached hydrogens (tertiary/aromatic N) is 2. The fourth-order valence-electron chi connectivity index (χ4n) is 9.39. The Kier molecular flexibility index (Phi) is 6.77. The van der Waals surface area contributed by atoms with Gasteiger partial charge in [0.25, 0.3) is 0 Å². The van der Waals surface area contributed by atoms with Crippen molar-refractivity contribution >= 4 is 38.9 Å². The Labute approximate surface area is 320 Å². The first-order valence-electron chi connectivity index (χ1n) is 18.8. The normalized spacial score (nSPS) is 13.5. The molecule has 0 fully saturated rings. The second-order valence-electron chi connectivity index (χ2n) is 14.6. The molecule has 0 saturated heterocycles. The highest BCUT2D eigenvalue weighted by Gasteiger charge is 2.50. The predicted molar refractivity (Wildman–Crippen MR) is 229 cm³/mol. The van der Waals surface area contributed by atoms with Crippen molar-refractivity contribution in [3.05, 3.63) is 234 Å². The van der Waals surface area contributed by atoms with Crippen LogP contribution in [0.4, 0.5) is 5.69 Å². The molecule has 2 heterocycles. The van der Waals surface area contributed by atoms with Crippen LogP contribution in [0, 0.1) is 0 Å². The second kappa shape index (κ2) is 11.9. The summed E-state index contributed by atoms with van der Waals surface area (Å²) in [4.78, 5) is 5.34. The van der Waals surface area contributed by atoms with Gasteiger partial charge in [-0.2, -0.15) is 0 Å². The summed E-state index contributed by atoms with van der Waals surface area (Å²) in [5.41, 5.74) is 24.7. The summed E-state index contributed by atoms with van der Waals surface area (Å²) in [5.74, 6) is 0. The first kappa shape index (κ1) is 31.3. The largest absolute Gasteiger partial charge is 0.398 e. The van der Waals surface area contributed by atoms with Crippen molar-refractivity contribution in [1.29, 1.82) is 0 Å². The molecule has 1 aliphatic carbocycles. The molecule has 3 nitrogen and oxygen atoms in total. The van der Waals surface area contributed by atoms with Crippen LogP contribution in [0.5, 0.6) is 0 Å². The summed E-state index contributed by atoms with van der Waals surface area (Å²) in [6, 6.07) is 67.3. The Morgan fingerprint density at radius 3 is 1.87 bits per heavy atom. The van der Waals surface area contributed by atoms with Gasteiger partial charge in [0.1, 0.15) is 0 Å². The van der Waals surface area contributed by atoms with Crippen LogP contribution in [0.2, 0.25) is 0 Å². The highest BCUT2D eigenvalue weighted by Crippen LogP contribution is 2.61. The molecule has 3 heteroatoms. The zero-order chi connectivity index (χ0) is 36.7. The fourth-order valence-corrected chi connectivity index (χ4v) is 9.39. The number of anilines is 1. The summed E-state index contributed by atoms with van der Waals surface area (Å²) < 4.78 is 2.48. The Hall–Kier alpha value is -7.23. The van der Waals surface area contributed by atoms with Gasteiger partial charge in [0, 0.05) is 33.2 Å². The van der Waals surface area contributed by atoms with Crippen LogP contribution in [-0.4, -0.2) is 10.3 Å². The molecule has 1 spiro atoms. The third-order valence-corrected chi connectivity index (χ3v) is 11.8. The van der Waals surface area contributed by atoms with Gasteiger partial charge in [0.15, 0.2) is 0 Å². The van der Waals surface area contributed by atoms with E-state index >= 15 is 0 Å². The van der Waals surface area contributed by atoms with Crippen molar-refractivity contribution in [3.8, 4) is 27.9 Å². The molecule has 9 aromatic rings.